The van der Waals surface area contributed by atoms with Gasteiger partial charge in [-0.25, -0.2) is 4.79 Å². The smallest absolute Gasteiger partial charge is 0.465 e. The van der Waals surface area contributed by atoms with E-state index in [4.69, 9.17) is 0 Å². The first-order chi connectivity index (χ1) is 10.6. The molecule has 0 saturated heterocycles. The molecule has 0 aliphatic carbocycles. The minimum atomic E-state index is -5.85. The number of nitrogens with zero attached hydrogens (tertiary/aromatic N) is 1. The molecule has 0 aliphatic heterocycles. The van der Waals surface area contributed by atoms with E-state index in [0.717, 1.165) is 13.2 Å². The Labute approximate surface area is 129 Å². The topological polar surface area (TPSA) is 82.6 Å². The van der Waals surface area contributed by atoms with E-state index in [1.54, 1.807) is 0 Å². The average molecular weight is 349 g/mol. The molecule has 0 atom stereocenters. The van der Waals surface area contributed by atoms with Crippen LogP contribution in [0.2, 0.25) is 0 Å². The number of halogens is 3. The fourth-order valence-electron chi connectivity index (χ4n) is 1.78. The Morgan fingerprint density at radius 1 is 1.26 bits per heavy atom. The van der Waals surface area contributed by atoms with Gasteiger partial charge in [-0.05, 0) is 25.1 Å². The van der Waals surface area contributed by atoms with Gasteiger partial charge in [-0.1, -0.05) is 0 Å². The molecular formula is C13H10F3NO5S. The van der Waals surface area contributed by atoms with Gasteiger partial charge in [0.1, 0.15) is 0 Å². The Morgan fingerprint density at radius 3 is 2.48 bits per heavy atom. The maximum absolute atomic E-state index is 12.5. The number of methoxy groups -OCH3 is 1. The van der Waals surface area contributed by atoms with Crippen LogP contribution >= 0.6 is 0 Å². The van der Waals surface area contributed by atoms with Gasteiger partial charge in [0.15, 0.2) is 5.75 Å². The number of pyridine rings is 1. The zero-order valence-electron chi connectivity index (χ0n) is 11.8. The molecular weight excluding hydrogens is 339 g/mol. The lowest BCUT2D eigenvalue weighted by Gasteiger charge is -2.13. The largest absolute Gasteiger partial charge is 0.534 e. The van der Waals surface area contributed by atoms with Crippen LogP contribution in [0.4, 0.5) is 13.2 Å². The van der Waals surface area contributed by atoms with Gasteiger partial charge < -0.3 is 8.92 Å². The summed E-state index contributed by atoms with van der Waals surface area (Å²) in [5, 5.41) is -0.0549. The van der Waals surface area contributed by atoms with Crippen molar-refractivity contribution in [1.29, 1.82) is 0 Å². The second kappa shape index (κ2) is 5.69. The molecule has 0 aliphatic rings. The van der Waals surface area contributed by atoms with E-state index in [1.165, 1.54) is 25.3 Å². The highest BCUT2D eigenvalue weighted by Gasteiger charge is 2.49. The van der Waals surface area contributed by atoms with Gasteiger partial charge in [0.25, 0.3) is 0 Å². The Morgan fingerprint density at radius 2 is 1.91 bits per heavy atom. The number of alkyl halides is 3. The number of rotatable bonds is 3. The van der Waals surface area contributed by atoms with Gasteiger partial charge in [-0.3, -0.25) is 4.98 Å². The second-order valence-electron chi connectivity index (χ2n) is 4.48. The van der Waals surface area contributed by atoms with Gasteiger partial charge in [0.05, 0.1) is 18.2 Å². The lowest BCUT2D eigenvalue weighted by Crippen LogP contribution is -2.28. The summed E-state index contributed by atoms with van der Waals surface area (Å²) in [5.41, 5.74) is -5.33. The van der Waals surface area contributed by atoms with Crippen molar-refractivity contribution in [1.82, 2.24) is 4.98 Å². The van der Waals surface area contributed by atoms with Crippen LogP contribution < -0.4 is 4.18 Å². The Kier molecular flexibility index (Phi) is 4.20. The molecule has 124 valence electrons. The van der Waals surface area contributed by atoms with Gasteiger partial charge in [0, 0.05) is 17.1 Å². The summed E-state index contributed by atoms with van der Waals surface area (Å²) >= 11 is 0. The van der Waals surface area contributed by atoms with Crippen molar-refractivity contribution in [2.24, 2.45) is 0 Å². The minimum Gasteiger partial charge on any atom is -0.465 e. The molecule has 0 amide bonds. The third-order valence-corrected chi connectivity index (χ3v) is 3.85. The Balaban J connectivity index is 2.67. The van der Waals surface area contributed by atoms with E-state index in [0.29, 0.717) is 0 Å². The van der Waals surface area contributed by atoms with Crippen LogP contribution in [-0.4, -0.2) is 32.0 Å². The Hall–Kier alpha value is -2.36. The molecule has 0 N–H and O–H groups in total. The van der Waals surface area contributed by atoms with Crippen LogP contribution in [0.3, 0.4) is 0 Å². The molecule has 23 heavy (non-hydrogen) atoms. The van der Waals surface area contributed by atoms with E-state index in [2.05, 4.69) is 13.9 Å². The predicted octanol–water partition coefficient (Wildman–Crippen LogP) is 2.56. The van der Waals surface area contributed by atoms with Gasteiger partial charge in [-0.15, -0.1) is 0 Å². The van der Waals surface area contributed by atoms with Crippen LogP contribution in [0.15, 0.2) is 24.4 Å². The fraction of sp³-hybridized carbons (Fsp3) is 0.231. The third kappa shape index (κ3) is 3.21. The summed E-state index contributed by atoms with van der Waals surface area (Å²) in [6.07, 6.45) is 1.17. The first-order valence-corrected chi connectivity index (χ1v) is 7.46. The highest BCUT2D eigenvalue weighted by Crippen LogP contribution is 2.34. The number of carbonyl (C=O) groups is 1. The van der Waals surface area contributed by atoms with E-state index in [-0.39, 0.29) is 22.0 Å². The minimum absolute atomic E-state index is 0.0154. The van der Waals surface area contributed by atoms with Crippen LogP contribution in [0.5, 0.6) is 5.75 Å². The van der Waals surface area contributed by atoms with E-state index >= 15 is 0 Å². The number of hydrogen-bond acceptors (Lipinski definition) is 6. The normalized spacial score (nSPS) is 12.2. The summed E-state index contributed by atoms with van der Waals surface area (Å²) in [4.78, 5) is 15.5. The molecule has 2 rings (SSSR count). The molecule has 0 fully saturated rings. The summed E-state index contributed by atoms with van der Waals surface area (Å²) in [6.45, 7) is 1.33. The first-order valence-electron chi connectivity index (χ1n) is 6.05. The van der Waals surface area contributed by atoms with Crippen molar-refractivity contribution < 1.29 is 35.3 Å². The maximum Gasteiger partial charge on any atom is 0.534 e. The molecule has 6 nitrogen and oxygen atoms in total. The van der Waals surface area contributed by atoms with Gasteiger partial charge in [0.2, 0.25) is 0 Å². The van der Waals surface area contributed by atoms with Crippen LogP contribution in [0.25, 0.3) is 10.9 Å². The number of hydrogen-bond donors (Lipinski definition) is 0. The number of aromatic nitrogens is 1. The quantitative estimate of drug-likeness (QED) is 0.481. The molecule has 1 aromatic carbocycles. The molecule has 0 unspecified atom stereocenters. The van der Waals surface area contributed by atoms with Crippen molar-refractivity contribution in [3.05, 3.63) is 35.5 Å². The molecule has 0 radical (unpaired) electrons. The van der Waals surface area contributed by atoms with Crippen molar-refractivity contribution in [3.63, 3.8) is 0 Å². The molecule has 1 aromatic heterocycles. The molecule has 1 heterocycles. The van der Waals surface area contributed by atoms with Crippen LogP contribution in [-0.2, 0) is 14.9 Å². The number of fused-ring (bicyclic) bond motifs is 1. The fourth-order valence-corrected chi connectivity index (χ4v) is 2.32. The van der Waals surface area contributed by atoms with Gasteiger partial charge >= 0.3 is 21.6 Å². The molecule has 0 bridgehead atoms. The first kappa shape index (κ1) is 17.0. The predicted molar refractivity (Wildman–Crippen MR) is 73.4 cm³/mol. The summed E-state index contributed by atoms with van der Waals surface area (Å²) < 4.78 is 68.7. The zero-order chi connectivity index (χ0) is 17.4. The number of aryl methyl sites for hydroxylation is 1. The van der Waals surface area contributed by atoms with Crippen molar-refractivity contribution >= 4 is 27.0 Å². The van der Waals surface area contributed by atoms with Crippen molar-refractivity contribution in [2.45, 2.75) is 12.4 Å². The molecule has 0 spiro atoms. The monoisotopic (exact) mass is 349 g/mol. The SMILES string of the molecule is COC(=O)c1ccc2ncc(C)c(OS(=O)(=O)C(F)(F)F)c2c1. The molecule has 2 aromatic rings. The van der Waals surface area contributed by atoms with E-state index in [1.807, 2.05) is 0 Å². The maximum atomic E-state index is 12.5. The highest BCUT2D eigenvalue weighted by atomic mass is 32.2. The number of carbonyl (C=O) groups excluding carboxylic acids is 1. The second-order valence-corrected chi connectivity index (χ2v) is 6.01. The van der Waals surface area contributed by atoms with Crippen molar-refractivity contribution in [2.75, 3.05) is 7.11 Å². The average Bonchev–Trinajstić information content (AvgIpc) is 2.47. The lowest BCUT2D eigenvalue weighted by atomic mass is 10.1. The molecule has 10 heteroatoms. The Bertz CT molecular complexity index is 877. The summed E-state index contributed by atoms with van der Waals surface area (Å²) in [5.74, 6) is -1.28. The standard InChI is InChI=1S/C13H10F3NO5S/c1-7-6-17-10-4-3-8(12(18)21-2)5-9(10)11(7)22-23(19,20)13(14,15)16/h3-6H,1-2H3. The highest BCUT2D eigenvalue weighted by molar-refractivity contribution is 7.88. The van der Waals surface area contributed by atoms with Gasteiger partial charge in [-0.2, -0.15) is 21.6 Å². The number of esters is 1. The number of ether oxygens (including phenoxy) is 1. The lowest BCUT2D eigenvalue weighted by molar-refractivity contribution is -0.0499. The van der Waals surface area contributed by atoms with Crippen LogP contribution in [0.1, 0.15) is 15.9 Å². The summed E-state index contributed by atoms with van der Waals surface area (Å²) in [7, 11) is -4.72. The van der Waals surface area contributed by atoms with Crippen molar-refractivity contribution in [3.8, 4) is 5.75 Å². The summed E-state index contributed by atoms with van der Waals surface area (Å²) in [6, 6.07) is 3.84. The molecule has 0 saturated carbocycles. The van der Waals surface area contributed by atoms with E-state index in [9.17, 15) is 26.4 Å². The third-order valence-electron chi connectivity index (χ3n) is 2.89. The zero-order valence-corrected chi connectivity index (χ0v) is 12.7. The van der Waals surface area contributed by atoms with E-state index < -0.39 is 27.3 Å². The van der Waals surface area contributed by atoms with Crippen LogP contribution in [0, 0.1) is 6.92 Å². The number of benzene rings is 1.